The molecule has 0 aliphatic heterocycles. The van der Waals surface area contributed by atoms with Crippen molar-refractivity contribution in [2.24, 2.45) is 0 Å². The van der Waals surface area contributed by atoms with Crippen LogP contribution in [-0.2, 0) is 11.2 Å². The molecule has 1 aromatic heterocycles. The van der Waals surface area contributed by atoms with Crippen LogP contribution in [0, 0.1) is 0 Å². The first-order valence-corrected chi connectivity index (χ1v) is 9.95. The van der Waals surface area contributed by atoms with Crippen LogP contribution in [0.3, 0.4) is 0 Å². The highest BCUT2D eigenvalue weighted by Gasteiger charge is 2.16. The number of hydrogen-bond acceptors (Lipinski definition) is 2. The fourth-order valence-corrected chi connectivity index (χ4v) is 4.04. The van der Waals surface area contributed by atoms with Crippen LogP contribution < -0.4 is 10.9 Å². The molecule has 4 rings (SSSR count). The maximum absolute atomic E-state index is 12.3. The van der Waals surface area contributed by atoms with E-state index in [0.29, 0.717) is 11.5 Å². The van der Waals surface area contributed by atoms with Crippen molar-refractivity contribution >= 4 is 22.7 Å². The number of carbonyl (C=O) groups is 2. The molecule has 5 nitrogen and oxygen atoms in total. The molecule has 144 valence electrons. The van der Waals surface area contributed by atoms with Gasteiger partial charge >= 0.3 is 0 Å². The second kappa shape index (κ2) is 8.30. The molecule has 0 bridgehead atoms. The highest BCUT2D eigenvalue weighted by atomic mass is 16.2. The molecule has 1 heterocycles. The van der Waals surface area contributed by atoms with Crippen molar-refractivity contribution in [1.82, 2.24) is 15.8 Å². The quantitative estimate of drug-likeness (QED) is 0.597. The first kappa shape index (κ1) is 18.3. The van der Waals surface area contributed by atoms with Gasteiger partial charge in [-0.3, -0.25) is 20.4 Å². The van der Waals surface area contributed by atoms with Crippen molar-refractivity contribution in [1.29, 1.82) is 0 Å². The fourth-order valence-electron chi connectivity index (χ4n) is 4.04. The van der Waals surface area contributed by atoms with E-state index in [-0.39, 0.29) is 18.2 Å². The molecule has 0 unspecified atom stereocenters. The number of aromatic amines is 1. The summed E-state index contributed by atoms with van der Waals surface area (Å²) in [4.78, 5) is 27.7. The Morgan fingerprint density at radius 1 is 0.929 bits per heavy atom. The minimum absolute atomic E-state index is 0.199. The Balaban J connectivity index is 1.31. The second-order valence-electron chi connectivity index (χ2n) is 7.50. The highest BCUT2D eigenvalue weighted by Crippen LogP contribution is 2.32. The molecular formula is C23H25N3O2. The summed E-state index contributed by atoms with van der Waals surface area (Å²) in [7, 11) is 0. The average molecular weight is 375 g/mol. The molecule has 1 aliphatic rings. The Kier molecular flexibility index (Phi) is 5.42. The van der Waals surface area contributed by atoms with Gasteiger partial charge in [-0.25, -0.2) is 0 Å². The number of fused-ring (bicyclic) bond motifs is 1. The van der Waals surface area contributed by atoms with E-state index < -0.39 is 0 Å². The molecule has 0 atom stereocenters. The molecule has 0 saturated heterocycles. The standard InChI is InChI=1S/C23H25N3O2/c27-22(14-19-15-24-21-9-5-4-8-20(19)21)25-26-23(28)18-12-10-17(11-13-18)16-6-2-1-3-7-16/h4-5,8-13,15-16,24H,1-3,6-7,14H2,(H,25,27)(H,26,28). The third kappa shape index (κ3) is 4.09. The van der Waals surface area contributed by atoms with Crippen molar-refractivity contribution < 1.29 is 9.59 Å². The van der Waals surface area contributed by atoms with Crippen molar-refractivity contribution in [3.05, 3.63) is 71.4 Å². The van der Waals surface area contributed by atoms with E-state index in [1.807, 2.05) is 54.7 Å². The number of para-hydroxylation sites is 1. The van der Waals surface area contributed by atoms with Gasteiger partial charge in [0, 0.05) is 22.7 Å². The van der Waals surface area contributed by atoms with Crippen molar-refractivity contribution in [2.75, 3.05) is 0 Å². The van der Waals surface area contributed by atoms with Crippen LogP contribution >= 0.6 is 0 Å². The maximum Gasteiger partial charge on any atom is 0.269 e. The molecule has 2 aromatic carbocycles. The van der Waals surface area contributed by atoms with Gasteiger partial charge in [0.05, 0.1) is 6.42 Å². The van der Waals surface area contributed by atoms with Gasteiger partial charge in [-0.05, 0) is 48.1 Å². The minimum Gasteiger partial charge on any atom is -0.361 e. The molecular weight excluding hydrogens is 350 g/mol. The third-order valence-corrected chi connectivity index (χ3v) is 5.59. The van der Waals surface area contributed by atoms with Gasteiger partial charge < -0.3 is 4.98 Å². The molecule has 0 spiro atoms. The molecule has 5 heteroatoms. The van der Waals surface area contributed by atoms with Crippen LogP contribution in [0.25, 0.3) is 10.9 Å². The minimum atomic E-state index is -0.303. The van der Waals surface area contributed by atoms with E-state index in [4.69, 9.17) is 0 Å². The predicted molar refractivity (Wildman–Crippen MR) is 110 cm³/mol. The molecule has 3 aromatic rings. The fraction of sp³-hybridized carbons (Fsp3) is 0.304. The number of hydrogen-bond donors (Lipinski definition) is 3. The SMILES string of the molecule is O=C(Cc1c[nH]c2ccccc12)NNC(=O)c1ccc(C2CCCCC2)cc1. The van der Waals surface area contributed by atoms with Crippen LogP contribution in [0.1, 0.15) is 59.5 Å². The average Bonchev–Trinajstić information content (AvgIpc) is 3.15. The topological polar surface area (TPSA) is 74.0 Å². The monoisotopic (exact) mass is 375 g/mol. The van der Waals surface area contributed by atoms with E-state index in [9.17, 15) is 9.59 Å². The van der Waals surface area contributed by atoms with E-state index >= 15 is 0 Å². The Morgan fingerprint density at radius 3 is 2.46 bits per heavy atom. The van der Waals surface area contributed by atoms with Crippen LogP contribution in [-0.4, -0.2) is 16.8 Å². The van der Waals surface area contributed by atoms with E-state index in [2.05, 4.69) is 15.8 Å². The summed E-state index contributed by atoms with van der Waals surface area (Å²) in [5, 5.41) is 1.02. The van der Waals surface area contributed by atoms with Crippen LogP contribution in [0.5, 0.6) is 0 Å². The van der Waals surface area contributed by atoms with Gasteiger partial charge in [0.25, 0.3) is 5.91 Å². The van der Waals surface area contributed by atoms with E-state index in [1.54, 1.807) is 0 Å². The van der Waals surface area contributed by atoms with Gasteiger partial charge in [-0.2, -0.15) is 0 Å². The van der Waals surface area contributed by atoms with Gasteiger partial charge in [-0.1, -0.05) is 49.6 Å². The lowest BCUT2D eigenvalue weighted by Gasteiger charge is -2.22. The second-order valence-corrected chi connectivity index (χ2v) is 7.50. The number of nitrogens with one attached hydrogen (secondary N) is 3. The number of H-pyrrole nitrogens is 1. The summed E-state index contributed by atoms with van der Waals surface area (Å²) < 4.78 is 0. The number of carbonyl (C=O) groups excluding carboxylic acids is 2. The summed E-state index contributed by atoms with van der Waals surface area (Å²) in [6, 6.07) is 15.6. The largest absolute Gasteiger partial charge is 0.361 e. The summed E-state index contributed by atoms with van der Waals surface area (Å²) >= 11 is 0. The van der Waals surface area contributed by atoms with Crippen molar-refractivity contribution in [2.45, 2.75) is 44.4 Å². The maximum atomic E-state index is 12.3. The normalized spacial score (nSPS) is 14.7. The Morgan fingerprint density at radius 2 is 1.68 bits per heavy atom. The first-order valence-electron chi connectivity index (χ1n) is 9.95. The number of benzene rings is 2. The molecule has 1 fully saturated rings. The predicted octanol–water partition coefficient (Wildman–Crippen LogP) is 4.22. The third-order valence-electron chi connectivity index (χ3n) is 5.59. The Hall–Kier alpha value is -3.08. The number of rotatable bonds is 4. The molecule has 2 amide bonds. The summed E-state index contributed by atoms with van der Waals surface area (Å²) in [5.74, 6) is 0.0566. The Labute approximate surface area is 164 Å². The van der Waals surface area contributed by atoms with Crippen molar-refractivity contribution in [3.8, 4) is 0 Å². The van der Waals surface area contributed by atoms with Crippen LogP contribution in [0.4, 0.5) is 0 Å². The summed E-state index contributed by atoms with van der Waals surface area (Å²) in [6.45, 7) is 0. The molecule has 0 radical (unpaired) electrons. The zero-order chi connectivity index (χ0) is 19.3. The first-order chi connectivity index (χ1) is 13.7. The number of hydrazine groups is 1. The zero-order valence-electron chi connectivity index (χ0n) is 15.8. The van der Waals surface area contributed by atoms with Gasteiger partial charge in [0.1, 0.15) is 0 Å². The van der Waals surface area contributed by atoms with E-state index in [0.717, 1.165) is 16.5 Å². The van der Waals surface area contributed by atoms with Crippen LogP contribution in [0.15, 0.2) is 54.7 Å². The number of amides is 2. The van der Waals surface area contributed by atoms with Gasteiger partial charge in [0.15, 0.2) is 0 Å². The molecule has 3 N–H and O–H groups in total. The number of aromatic nitrogens is 1. The van der Waals surface area contributed by atoms with Gasteiger partial charge in [0.2, 0.25) is 5.91 Å². The molecule has 1 aliphatic carbocycles. The van der Waals surface area contributed by atoms with E-state index in [1.165, 1.54) is 37.7 Å². The van der Waals surface area contributed by atoms with Crippen molar-refractivity contribution in [3.63, 3.8) is 0 Å². The smallest absolute Gasteiger partial charge is 0.269 e. The highest BCUT2D eigenvalue weighted by molar-refractivity contribution is 5.96. The summed E-state index contributed by atoms with van der Waals surface area (Å²) in [5.41, 5.74) is 8.77. The molecule has 1 saturated carbocycles. The lowest BCUT2D eigenvalue weighted by molar-refractivity contribution is -0.121. The Bertz CT molecular complexity index is 969. The summed E-state index contributed by atoms with van der Waals surface area (Å²) in [6.07, 6.45) is 8.39. The lowest BCUT2D eigenvalue weighted by Crippen LogP contribution is -2.42. The van der Waals surface area contributed by atoms with Crippen LogP contribution in [0.2, 0.25) is 0 Å². The molecule has 28 heavy (non-hydrogen) atoms. The lowest BCUT2D eigenvalue weighted by atomic mass is 9.84. The van der Waals surface area contributed by atoms with Gasteiger partial charge in [-0.15, -0.1) is 0 Å². The zero-order valence-corrected chi connectivity index (χ0v) is 15.8.